The van der Waals surface area contributed by atoms with E-state index < -0.39 is 0 Å². The van der Waals surface area contributed by atoms with E-state index >= 15 is 0 Å². The summed E-state index contributed by atoms with van der Waals surface area (Å²) in [5.74, 6) is 1.72. The van der Waals surface area contributed by atoms with Crippen molar-refractivity contribution in [2.45, 2.75) is 37.6 Å². The van der Waals surface area contributed by atoms with Crippen LogP contribution < -0.4 is 4.74 Å². The van der Waals surface area contributed by atoms with Crippen molar-refractivity contribution in [3.8, 4) is 5.75 Å². The molecule has 2 atom stereocenters. The van der Waals surface area contributed by atoms with E-state index in [-0.39, 0.29) is 0 Å². The lowest BCUT2D eigenvalue weighted by molar-refractivity contribution is 0.172. The fourth-order valence-corrected chi connectivity index (χ4v) is 3.55. The van der Waals surface area contributed by atoms with Gasteiger partial charge in [-0.15, -0.1) is 0 Å². The second-order valence-corrected chi connectivity index (χ2v) is 5.27. The van der Waals surface area contributed by atoms with E-state index in [1.165, 1.54) is 44.3 Å². The number of ether oxygens (including phenoxy) is 1. The molecule has 3 rings (SSSR count). The summed E-state index contributed by atoms with van der Waals surface area (Å²) in [7, 11) is 1.75. The first-order valence-electron chi connectivity index (χ1n) is 6.76. The summed E-state index contributed by atoms with van der Waals surface area (Å²) >= 11 is 0. The van der Waals surface area contributed by atoms with Crippen LogP contribution in [0.5, 0.6) is 5.75 Å². The van der Waals surface area contributed by atoms with Crippen molar-refractivity contribution in [3.63, 3.8) is 0 Å². The van der Waals surface area contributed by atoms with Crippen molar-refractivity contribution < 1.29 is 4.74 Å². The Kier molecular flexibility index (Phi) is 3.06. The third-order valence-electron chi connectivity index (χ3n) is 4.36. The number of hydrogen-bond acceptors (Lipinski definition) is 2. The summed E-state index contributed by atoms with van der Waals surface area (Å²) < 4.78 is 5.34. The largest absolute Gasteiger partial charge is 0.497 e. The molecule has 1 aromatic rings. The normalized spacial score (nSPS) is 29.0. The van der Waals surface area contributed by atoms with Gasteiger partial charge in [0.25, 0.3) is 0 Å². The molecule has 0 amide bonds. The molecule has 0 bridgehead atoms. The molecular weight excluding hydrogens is 210 g/mol. The van der Waals surface area contributed by atoms with Gasteiger partial charge in [-0.05, 0) is 62.4 Å². The molecule has 2 aliphatic rings. The molecule has 2 heterocycles. The summed E-state index contributed by atoms with van der Waals surface area (Å²) in [5.41, 5.74) is 1.47. The Morgan fingerprint density at radius 2 is 2.00 bits per heavy atom. The van der Waals surface area contributed by atoms with E-state index in [1.54, 1.807) is 7.11 Å². The Balaban J connectivity index is 1.86. The zero-order valence-electron chi connectivity index (χ0n) is 10.6. The number of fused-ring (bicyclic) bond motifs is 1. The van der Waals surface area contributed by atoms with Gasteiger partial charge in [-0.2, -0.15) is 0 Å². The molecule has 0 N–H and O–H groups in total. The lowest BCUT2D eigenvalue weighted by Gasteiger charge is -2.37. The molecular formula is C15H21NO. The number of rotatable bonds is 2. The molecule has 0 saturated carbocycles. The van der Waals surface area contributed by atoms with E-state index in [0.29, 0.717) is 0 Å². The van der Waals surface area contributed by atoms with Gasteiger partial charge in [-0.25, -0.2) is 0 Å². The zero-order valence-corrected chi connectivity index (χ0v) is 10.6. The van der Waals surface area contributed by atoms with Crippen molar-refractivity contribution in [1.29, 1.82) is 0 Å². The highest BCUT2D eigenvalue weighted by atomic mass is 16.5. The minimum atomic E-state index is 0.723. The predicted octanol–water partition coefficient (Wildman–Crippen LogP) is 3.04. The van der Waals surface area contributed by atoms with Crippen LogP contribution in [0.15, 0.2) is 24.3 Å². The number of piperidine rings is 1. The monoisotopic (exact) mass is 231 g/mol. The van der Waals surface area contributed by atoms with E-state index in [4.69, 9.17) is 4.74 Å². The number of methoxy groups -OCH3 is 1. The van der Waals surface area contributed by atoms with Crippen molar-refractivity contribution in [3.05, 3.63) is 29.8 Å². The van der Waals surface area contributed by atoms with Crippen LogP contribution in [-0.2, 0) is 0 Å². The zero-order chi connectivity index (χ0) is 11.7. The molecule has 2 nitrogen and oxygen atoms in total. The molecule has 0 aromatic heterocycles. The van der Waals surface area contributed by atoms with Gasteiger partial charge in [0, 0.05) is 6.04 Å². The van der Waals surface area contributed by atoms with Crippen molar-refractivity contribution in [1.82, 2.24) is 4.90 Å². The molecule has 0 unspecified atom stereocenters. The molecule has 0 aliphatic carbocycles. The summed E-state index contributed by atoms with van der Waals surface area (Å²) in [6.45, 7) is 2.62. The van der Waals surface area contributed by atoms with E-state index in [1.807, 2.05) is 6.07 Å². The van der Waals surface area contributed by atoms with E-state index in [0.717, 1.165) is 17.7 Å². The Morgan fingerprint density at radius 1 is 1.18 bits per heavy atom. The molecule has 92 valence electrons. The SMILES string of the molecule is COc1cccc([C@H]2CCCN3CCC[C@@H]23)c1. The maximum atomic E-state index is 5.34. The van der Waals surface area contributed by atoms with Gasteiger partial charge in [-0.1, -0.05) is 12.1 Å². The minimum absolute atomic E-state index is 0.723. The molecule has 2 heteroatoms. The first kappa shape index (κ1) is 11.1. The fraction of sp³-hybridized carbons (Fsp3) is 0.600. The standard InChI is InChI=1S/C15H21NO/c1-17-13-6-2-5-12(11-13)14-7-3-9-16-10-4-8-15(14)16/h2,5-6,11,14-15H,3-4,7-10H2,1H3/t14-,15+/m1/s1. The highest BCUT2D eigenvalue weighted by Gasteiger charge is 2.35. The molecule has 2 aliphatic heterocycles. The average Bonchev–Trinajstić information content (AvgIpc) is 2.87. The van der Waals surface area contributed by atoms with Crippen LogP contribution >= 0.6 is 0 Å². The molecule has 0 spiro atoms. The topological polar surface area (TPSA) is 12.5 Å². The second-order valence-electron chi connectivity index (χ2n) is 5.27. The third kappa shape index (κ3) is 2.06. The summed E-state index contributed by atoms with van der Waals surface area (Å²) in [5, 5.41) is 0. The highest BCUT2D eigenvalue weighted by Crippen LogP contribution is 2.38. The van der Waals surface area contributed by atoms with Crippen LogP contribution in [0.4, 0.5) is 0 Å². The highest BCUT2D eigenvalue weighted by molar-refractivity contribution is 5.32. The van der Waals surface area contributed by atoms with Crippen LogP contribution in [0.3, 0.4) is 0 Å². The Labute approximate surface area is 104 Å². The molecule has 17 heavy (non-hydrogen) atoms. The first-order chi connectivity index (χ1) is 8.38. The van der Waals surface area contributed by atoms with Gasteiger partial charge in [0.15, 0.2) is 0 Å². The Hall–Kier alpha value is -1.02. The van der Waals surface area contributed by atoms with Crippen molar-refractivity contribution >= 4 is 0 Å². The van der Waals surface area contributed by atoms with Gasteiger partial charge >= 0.3 is 0 Å². The Bertz CT molecular complexity index is 390. The van der Waals surface area contributed by atoms with Gasteiger partial charge in [0.05, 0.1) is 7.11 Å². The quantitative estimate of drug-likeness (QED) is 0.775. The van der Waals surface area contributed by atoms with Crippen LogP contribution in [0.25, 0.3) is 0 Å². The second kappa shape index (κ2) is 4.69. The molecule has 2 saturated heterocycles. The molecule has 2 fully saturated rings. The maximum Gasteiger partial charge on any atom is 0.119 e. The van der Waals surface area contributed by atoms with Gasteiger partial charge in [-0.3, -0.25) is 4.90 Å². The Morgan fingerprint density at radius 3 is 2.82 bits per heavy atom. The lowest BCUT2D eigenvalue weighted by atomic mass is 9.83. The fourth-order valence-electron chi connectivity index (χ4n) is 3.55. The molecule has 0 radical (unpaired) electrons. The summed E-state index contributed by atoms with van der Waals surface area (Å²) in [6, 6.07) is 9.46. The third-order valence-corrected chi connectivity index (χ3v) is 4.36. The predicted molar refractivity (Wildman–Crippen MR) is 69.6 cm³/mol. The lowest BCUT2D eigenvalue weighted by Crippen LogP contribution is -2.39. The minimum Gasteiger partial charge on any atom is -0.497 e. The van der Waals surface area contributed by atoms with E-state index in [2.05, 4.69) is 23.1 Å². The van der Waals surface area contributed by atoms with Crippen molar-refractivity contribution in [2.24, 2.45) is 0 Å². The van der Waals surface area contributed by atoms with E-state index in [9.17, 15) is 0 Å². The van der Waals surface area contributed by atoms with Gasteiger partial charge in [0.2, 0.25) is 0 Å². The van der Waals surface area contributed by atoms with Crippen LogP contribution in [0.1, 0.15) is 37.2 Å². The van der Waals surface area contributed by atoms with Gasteiger partial charge in [0.1, 0.15) is 5.75 Å². The number of hydrogen-bond donors (Lipinski definition) is 0. The number of nitrogens with zero attached hydrogens (tertiary/aromatic N) is 1. The summed E-state index contributed by atoms with van der Waals surface area (Å²) in [4.78, 5) is 2.69. The van der Waals surface area contributed by atoms with Crippen molar-refractivity contribution in [2.75, 3.05) is 20.2 Å². The van der Waals surface area contributed by atoms with Crippen LogP contribution in [0, 0.1) is 0 Å². The van der Waals surface area contributed by atoms with Crippen LogP contribution in [-0.4, -0.2) is 31.1 Å². The number of benzene rings is 1. The molecule has 1 aromatic carbocycles. The maximum absolute atomic E-state index is 5.34. The average molecular weight is 231 g/mol. The first-order valence-corrected chi connectivity index (χ1v) is 6.76. The van der Waals surface area contributed by atoms with Crippen LogP contribution in [0.2, 0.25) is 0 Å². The van der Waals surface area contributed by atoms with Gasteiger partial charge < -0.3 is 4.74 Å². The smallest absolute Gasteiger partial charge is 0.119 e. The summed E-state index contributed by atoms with van der Waals surface area (Å²) in [6.07, 6.45) is 5.44.